The summed E-state index contributed by atoms with van der Waals surface area (Å²) in [7, 11) is 0. The van der Waals surface area contributed by atoms with E-state index in [1.54, 1.807) is 0 Å². The van der Waals surface area contributed by atoms with Gasteiger partial charge in [0.15, 0.2) is 6.33 Å². The summed E-state index contributed by atoms with van der Waals surface area (Å²) in [5, 5.41) is 0. The van der Waals surface area contributed by atoms with Gasteiger partial charge in [0.1, 0.15) is 0 Å². The molecule has 0 nitrogen and oxygen atoms in total. The van der Waals surface area contributed by atoms with Crippen LogP contribution in [-0.2, 0) is 0 Å². The van der Waals surface area contributed by atoms with Gasteiger partial charge in [-0.15, -0.1) is 0 Å². The maximum absolute atomic E-state index is 10.2. The van der Waals surface area contributed by atoms with Gasteiger partial charge in [-0.25, -0.2) is 4.39 Å². The number of hydrogen-bond donors (Lipinski definition) is 0. The van der Waals surface area contributed by atoms with Crippen LogP contribution >= 0.6 is 0 Å². The Kier molecular flexibility index (Phi) is 44.9. The average Bonchev–Trinajstić information content (AvgIpc) is 1.38. The van der Waals surface area contributed by atoms with E-state index in [0.29, 0.717) is 0 Å². The first-order valence-electron chi connectivity index (χ1n) is 0.885. The molecule has 0 bridgehead atoms. The minimum absolute atomic E-state index is 0. The second-order valence-electron chi connectivity index (χ2n) is 0.399. The Bertz CT molecular complexity index is 53.2. The predicted octanol–water partition coefficient (Wildman–Crippen LogP) is -4.68. The second kappa shape index (κ2) is 15.7. The van der Waals surface area contributed by atoms with Crippen LogP contribution in [0.4, 0.5) is 13.2 Å². The fraction of sp³-hybridized carbons (Fsp3) is 0. The van der Waals surface area contributed by atoms with E-state index in [1.807, 2.05) is 0 Å². The Labute approximate surface area is 82.2 Å². The van der Waals surface area contributed by atoms with E-state index in [1.165, 1.54) is 0 Å². The van der Waals surface area contributed by atoms with Gasteiger partial charge in [0, 0.05) is 0 Å². The average molecular weight is 266 g/mol. The first-order chi connectivity index (χ1) is 2.27. The summed E-state index contributed by atoms with van der Waals surface area (Å²) in [4.78, 5) is 0. The maximum Gasteiger partial charge on any atom is 2.00 e. The van der Waals surface area contributed by atoms with Crippen molar-refractivity contribution in [1.29, 1.82) is 0 Å². The van der Waals surface area contributed by atoms with Crippen molar-refractivity contribution in [1.82, 2.24) is 0 Å². The standard InChI is InChI=1S/C2HF3.2BrH.Mg/c3-1-2(4)5;;;/h1H;2*1H;/q;;;+2/p-2. The van der Waals surface area contributed by atoms with Gasteiger partial charge in [-0.1, -0.05) is 0 Å². The molecule has 0 N–H and O–H groups in total. The largest absolute Gasteiger partial charge is 2.00 e. The molecule has 0 aliphatic heterocycles. The summed E-state index contributed by atoms with van der Waals surface area (Å²) in [5.41, 5.74) is 0. The molecule has 0 aliphatic carbocycles. The van der Waals surface area contributed by atoms with Crippen molar-refractivity contribution in [3.8, 4) is 0 Å². The maximum atomic E-state index is 10.2. The van der Waals surface area contributed by atoms with Crippen molar-refractivity contribution < 1.29 is 47.1 Å². The first kappa shape index (κ1) is 22.8. The van der Waals surface area contributed by atoms with Gasteiger partial charge in [0.2, 0.25) is 0 Å². The van der Waals surface area contributed by atoms with Crippen LogP contribution in [0.1, 0.15) is 0 Å². The molecule has 0 aromatic rings. The Morgan fingerprint density at radius 3 is 1.25 bits per heavy atom. The van der Waals surface area contributed by atoms with Crippen molar-refractivity contribution in [2.75, 3.05) is 0 Å². The van der Waals surface area contributed by atoms with E-state index in [0.717, 1.165) is 0 Å². The Morgan fingerprint density at radius 2 is 1.25 bits per heavy atom. The third-order valence-electron chi connectivity index (χ3n) is 0.0825. The van der Waals surface area contributed by atoms with E-state index in [2.05, 4.69) is 0 Å². The van der Waals surface area contributed by atoms with Gasteiger partial charge in [-0.2, -0.15) is 8.78 Å². The minimum atomic E-state index is -2.29. The second-order valence-corrected chi connectivity index (χ2v) is 0.399. The Hall–Kier alpha value is 1.26. The van der Waals surface area contributed by atoms with Crippen LogP contribution in [0.5, 0.6) is 0 Å². The minimum Gasteiger partial charge on any atom is -1.00 e. The Balaban J connectivity index is -0.0000000267. The van der Waals surface area contributed by atoms with Crippen LogP contribution in [0, 0.1) is 0 Å². The molecule has 0 aromatic carbocycles. The summed E-state index contributed by atoms with van der Waals surface area (Å²) in [6, 6.07) is 0. The molecule has 0 rings (SSSR count). The van der Waals surface area contributed by atoms with Crippen molar-refractivity contribution in [3.63, 3.8) is 0 Å². The van der Waals surface area contributed by atoms with Crippen molar-refractivity contribution in [2.45, 2.75) is 0 Å². The molecule has 0 atom stereocenters. The van der Waals surface area contributed by atoms with Gasteiger partial charge in [-0.3, -0.25) is 0 Å². The van der Waals surface area contributed by atoms with Gasteiger partial charge in [-0.05, 0) is 0 Å². The first-order valence-corrected chi connectivity index (χ1v) is 0.885. The van der Waals surface area contributed by atoms with E-state index >= 15 is 0 Å². The van der Waals surface area contributed by atoms with E-state index < -0.39 is 12.4 Å². The molecule has 0 heterocycles. The molecule has 8 heavy (non-hydrogen) atoms. The quantitative estimate of drug-likeness (QED) is 0.387. The summed E-state index contributed by atoms with van der Waals surface area (Å²) in [6.07, 6.45) is -3.04. The third kappa shape index (κ3) is 26.8. The van der Waals surface area contributed by atoms with Crippen LogP contribution in [0.15, 0.2) is 12.4 Å². The fourth-order valence-electron chi connectivity index (χ4n) is 0. The van der Waals surface area contributed by atoms with Gasteiger partial charge >= 0.3 is 23.1 Å². The molecule has 46 valence electrons. The summed E-state index contributed by atoms with van der Waals surface area (Å²) in [5.74, 6) is 0. The number of rotatable bonds is 0. The molecule has 0 aromatic heterocycles. The normalized spacial score (nSPS) is 4.38. The molecular formula is C2HBr2F3Mg. The molecule has 0 amide bonds. The SMILES string of the molecule is FC=C(F)F.[Br-].[Br-].[Mg+2]. The zero-order chi connectivity index (χ0) is 4.28. The number of hydrogen-bond acceptors (Lipinski definition) is 0. The van der Waals surface area contributed by atoms with Crippen LogP contribution < -0.4 is 34.0 Å². The molecule has 0 spiro atoms. The van der Waals surface area contributed by atoms with Crippen LogP contribution in [0.2, 0.25) is 0 Å². The predicted molar refractivity (Wildman–Crippen MR) is 17.2 cm³/mol. The molecule has 6 heteroatoms. The molecule has 0 unspecified atom stereocenters. The molecule has 0 saturated heterocycles. The topological polar surface area (TPSA) is 0 Å². The smallest absolute Gasteiger partial charge is 1.00 e. The Morgan fingerprint density at radius 1 is 1.12 bits per heavy atom. The van der Waals surface area contributed by atoms with E-state index in [-0.39, 0.29) is 57.0 Å². The zero-order valence-electron chi connectivity index (χ0n) is 3.67. The summed E-state index contributed by atoms with van der Waals surface area (Å²) >= 11 is 0. The molecule has 0 aliphatic rings. The molecular weight excluding hydrogens is 265 g/mol. The van der Waals surface area contributed by atoms with Crippen LogP contribution in [0.3, 0.4) is 0 Å². The molecule has 0 radical (unpaired) electrons. The molecule has 0 saturated carbocycles. The fourth-order valence-corrected chi connectivity index (χ4v) is 0. The van der Waals surface area contributed by atoms with E-state index in [9.17, 15) is 13.2 Å². The molecule has 0 fully saturated rings. The van der Waals surface area contributed by atoms with Gasteiger partial charge in [0.05, 0.1) is 0 Å². The van der Waals surface area contributed by atoms with Crippen molar-refractivity contribution in [3.05, 3.63) is 12.4 Å². The van der Waals surface area contributed by atoms with Gasteiger partial charge < -0.3 is 34.0 Å². The van der Waals surface area contributed by atoms with Gasteiger partial charge in [0.25, 0.3) is 6.08 Å². The summed E-state index contributed by atoms with van der Waals surface area (Å²) < 4.78 is 30.7. The van der Waals surface area contributed by atoms with Crippen molar-refractivity contribution >= 4 is 23.1 Å². The monoisotopic (exact) mass is 264 g/mol. The summed E-state index contributed by atoms with van der Waals surface area (Å²) in [6.45, 7) is 0. The van der Waals surface area contributed by atoms with Crippen LogP contribution in [-0.4, -0.2) is 23.1 Å². The zero-order valence-corrected chi connectivity index (χ0v) is 8.26. The number of halogens is 5. The van der Waals surface area contributed by atoms with E-state index in [4.69, 9.17) is 0 Å². The third-order valence-corrected chi connectivity index (χ3v) is 0.0825. The van der Waals surface area contributed by atoms with Crippen LogP contribution in [0.25, 0.3) is 0 Å². The van der Waals surface area contributed by atoms with Crippen molar-refractivity contribution in [2.24, 2.45) is 0 Å².